The van der Waals surface area contributed by atoms with E-state index in [1.807, 2.05) is 6.92 Å². The molecule has 6 heteroatoms. The lowest BCUT2D eigenvalue weighted by Crippen LogP contribution is -2.32. The molecule has 1 atom stereocenters. The van der Waals surface area contributed by atoms with Gasteiger partial charge in [-0.25, -0.2) is 4.79 Å². The van der Waals surface area contributed by atoms with E-state index in [1.54, 1.807) is 48.5 Å². The Kier molecular flexibility index (Phi) is 6.21. The molecule has 0 aliphatic heterocycles. The highest BCUT2D eigenvalue weighted by Gasteiger charge is 2.19. The van der Waals surface area contributed by atoms with Gasteiger partial charge in [-0.3, -0.25) is 4.79 Å². The molecule has 1 N–H and O–H groups in total. The van der Waals surface area contributed by atoms with Crippen LogP contribution in [0.3, 0.4) is 0 Å². The fourth-order valence-electron chi connectivity index (χ4n) is 2.09. The first kappa shape index (κ1) is 17.8. The van der Waals surface area contributed by atoms with Gasteiger partial charge in [-0.15, -0.1) is 0 Å². The zero-order chi connectivity index (χ0) is 17.5. The van der Waals surface area contributed by atoms with Crippen LogP contribution < -0.4 is 10.1 Å². The predicted octanol–water partition coefficient (Wildman–Crippen LogP) is 3.92. The van der Waals surface area contributed by atoms with Gasteiger partial charge in [0.15, 0.2) is 6.10 Å². The molecule has 0 fully saturated rings. The van der Waals surface area contributed by atoms with Crippen molar-refractivity contribution < 1.29 is 19.1 Å². The molecule has 2 aromatic rings. The molecule has 2 aromatic carbocycles. The van der Waals surface area contributed by atoms with E-state index in [0.717, 1.165) is 0 Å². The second kappa shape index (κ2) is 8.36. The third-order valence-electron chi connectivity index (χ3n) is 3.29. The average Bonchev–Trinajstić information content (AvgIpc) is 2.59. The van der Waals surface area contributed by atoms with Crippen molar-refractivity contribution in [3.63, 3.8) is 0 Å². The monoisotopic (exact) mass is 347 g/mol. The summed E-state index contributed by atoms with van der Waals surface area (Å²) in [7, 11) is 1.31. The van der Waals surface area contributed by atoms with Crippen LogP contribution in [-0.4, -0.2) is 25.1 Å². The molecule has 5 nitrogen and oxygen atoms in total. The van der Waals surface area contributed by atoms with Gasteiger partial charge in [-0.2, -0.15) is 0 Å². The minimum Gasteiger partial charge on any atom is -0.481 e. The van der Waals surface area contributed by atoms with Gasteiger partial charge in [0.05, 0.1) is 12.7 Å². The molecule has 0 saturated heterocycles. The van der Waals surface area contributed by atoms with Crippen LogP contribution in [0.15, 0.2) is 48.5 Å². The van der Waals surface area contributed by atoms with Crippen LogP contribution in [0.25, 0.3) is 0 Å². The van der Waals surface area contributed by atoms with Gasteiger partial charge in [-0.1, -0.05) is 30.7 Å². The number of methoxy groups -OCH3 is 1. The van der Waals surface area contributed by atoms with E-state index in [4.69, 9.17) is 16.3 Å². The number of rotatable bonds is 6. The van der Waals surface area contributed by atoms with E-state index in [0.29, 0.717) is 28.4 Å². The van der Waals surface area contributed by atoms with E-state index >= 15 is 0 Å². The number of esters is 1. The summed E-state index contributed by atoms with van der Waals surface area (Å²) in [5, 5.41) is 3.28. The zero-order valence-corrected chi connectivity index (χ0v) is 14.2. The Morgan fingerprint density at radius 2 is 1.92 bits per heavy atom. The molecule has 0 aromatic heterocycles. The molecule has 0 aliphatic carbocycles. The number of hydrogen-bond donors (Lipinski definition) is 1. The van der Waals surface area contributed by atoms with Crippen LogP contribution in [0, 0.1) is 0 Å². The maximum absolute atomic E-state index is 12.4. The first-order valence-corrected chi connectivity index (χ1v) is 7.82. The number of anilines is 1. The number of nitrogens with one attached hydrogen (secondary N) is 1. The molecule has 1 unspecified atom stereocenters. The average molecular weight is 348 g/mol. The highest BCUT2D eigenvalue weighted by molar-refractivity contribution is 6.30. The number of halogens is 1. The first-order valence-electron chi connectivity index (χ1n) is 7.45. The fraction of sp³-hybridized carbons (Fsp3) is 0.222. The lowest BCUT2D eigenvalue weighted by atomic mass is 10.2. The smallest absolute Gasteiger partial charge is 0.337 e. The highest BCUT2D eigenvalue weighted by Crippen LogP contribution is 2.20. The lowest BCUT2D eigenvalue weighted by molar-refractivity contribution is -0.122. The van der Waals surface area contributed by atoms with Gasteiger partial charge in [0.2, 0.25) is 0 Å². The van der Waals surface area contributed by atoms with E-state index < -0.39 is 12.1 Å². The third kappa shape index (κ3) is 4.73. The Bertz CT molecular complexity index is 732. The predicted molar refractivity (Wildman–Crippen MR) is 92.6 cm³/mol. The van der Waals surface area contributed by atoms with Crippen LogP contribution in [0.4, 0.5) is 5.69 Å². The van der Waals surface area contributed by atoms with Crippen molar-refractivity contribution in [3.8, 4) is 5.75 Å². The van der Waals surface area contributed by atoms with Crippen molar-refractivity contribution in [1.29, 1.82) is 0 Å². The number of carbonyl (C=O) groups excluding carboxylic acids is 2. The second-order valence-electron chi connectivity index (χ2n) is 5.03. The second-order valence-corrected chi connectivity index (χ2v) is 5.47. The molecular weight excluding hydrogens is 330 g/mol. The summed E-state index contributed by atoms with van der Waals surface area (Å²) in [6.07, 6.45) is -0.195. The third-order valence-corrected chi connectivity index (χ3v) is 3.52. The van der Waals surface area contributed by atoms with Crippen molar-refractivity contribution in [2.24, 2.45) is 0 Å². The summed E-state index contributed by atoms with van der Waals surface area (Å²) in [5.41, 5.74) is 0.857. The quantitative estimate of drug-likeness (QED) is 0.804. The summed E-state index contributed by atoms with van der Waals surface area (Å²) < 4.78 is 10.4. The van der Waals surface area contributed by atoms with Crippen LogP contribution in [-0.2, 0) is 9.53 Å². The largest absolute Gasteiger partial charge is 0.481 e. The number of carbonyl (C=O) groups is 2. The molecule has 0 bridgehead atoms. The number of amides is 1. The summed E-state index contributed by atoms with van der Waals surface area (Å²) in [6.45, 7) is 1.85. The van der Waals surface area contributed by atoms with E-state index in [9.17, 15) is 9.59 Å². The van der Waals surface area contributed by atoms with E-state index in [-0.39, 0.29) is 5.91 Å². The number of benzene rings is 2. The minimum absolute atomic E-state index is 0.306. The highest BCUT2D eigenvalue weighted by atomic mass is 35.5. The van der Waals surface area contributed by atoms with Crippen molar-refractivity contribution in [1.82, 2.24) is 0 Å². The number of ether oxygens (including phenoxy) is 2. The van der Waals surface area contributed by atoms with Crippen LogP contribution in [0.5, 0.6) is 5.75 Å². The Hall–Kier alpha value is -2.53. The van der Waals surface area contributed by atoms with Gasteiger partial charge in [-0.05, 0) is 42.8 Å². The molecule has 0 radical (unpaired) electrons. The molecular formula is C18H18ClNO4. The Labute approximate surface area is 145 Å². The Morgan fingerprint density at radius 3 is 2.58 bits per heavy atom. The minimum atomic E-state index is -0.676. The molecule has 0 saturated carbocycles. The van der Waals surface area contributed by atoms with Crippen molar-refractivity contribution in [3.05, 3.63) is 59.1 Å². The van der Waals surface area contributed by atoms with Gasteiger partial charge in [0, 0.05) is 10.7 Å². The molecule has 2 rings (SSSR count). The lowest BCUT2D eigenvalue weighted by Gasteiger charge is -2.17. The maximum atomic E-state index is 12.4. The fourth-order valence-corrected chi connectivity index (χ4v) is 2.27. The molecule has 126 valence electrons. The molecule has 24 heavy (non-hydrogen) atoms. The summed E-state index contributed by atoms with van der Waals surface area (Å²) in [4.78, 5) is 23.9. The first-order chi connectivity index (χ1) is 11.5. The van der Waals surface area contributed by atoms with Crippen LogP contribution in [0.2, 0.25) is 5.02 Å². The molecule has 1 amide bonds. The number of hydrogen-bond acceptors (Lipinski definition) is 4. The zero-order valence-electron chi connectivity index (χ0n) is 13.4. The Balaban J connectivity index is 2.08. The van der Waals surface area contributed by atoms with E-state index in [2.05, 4.69) is 10.1 Å². The van der Waals surface area contributed by atoms with Gasteiger partial charge in [0.25, 0.3) is 5.91 Å². The Morgan fingerprint density at radius 1 is 1.17 bits per heavy atom. The standard InChI is InChI=1S/C18H18ClNO4/c1-3-16(24-15-9-5-7-13(19)11-15)17(21)20-14-8-4-6-12(10-14)18(22)23-2/h4-11,16H,3H2,1-2H3,(H,20,21). The maximum Gasteiger partial charge on any atom is 0.337 e. The summed E-state index contributed by atoms with van der Waals surface area (Å²) in [5.74, 6) is -0.249. The molecule has 0 aliphatic rings. The van der Waals surface area contributed by atoms with Crippen LogP contribution >= 0.6 is 11.6 Å². The SMILES string of the molecule is CCC(Oc1cccc(Cl)c1)C(=O)Nc1cccc(C(=O)OC)c1. The molecule has 0 heterocycles. The van der Waals surface area contributed by atoms with Crippen molar-refractivity contribution in [2.45, 2.75) is 19.4 Å². The summed E-state index contributed by atoms with van der Waals surface area (Å²) >= 11 is 5.92. The van der Waals surface area contributed by atoms with Crippen molar-refractivity contribution >= 4 is 29.2 Å². The van der Waals surface area contributed by atoms with Gasteiger partial charge < -0.3 is 14.8 Å². The van der Waals surface area contributed by atoms with Gasteiger partial charge >= 0.3 is 5.97 Å². The normalized spacial score (nSPS) is 11.5. The topological polar surface area (TPSA) is 64.6 Å². The van der Waals surface area contributed by atoms with E-state index in [1.165, 1.54) is 7.11 Å². The van der Waals surface area contributed by atoms with Crippen molar-refractivity contribution in [2.75, 3.05) is 12.4 Å². The van der Waals surface area contributed by atoms with Crippen LogP contribution in [0.1, 0.15) is 23.7 Å². The summed E-state index contributed by atoms with van der Waals surface area (Å²) in [6, 6.07) is 13.4. The van der Waals surface area contributed by atoms with Gasteiger partial charge in [0.1, 0.15) is 5.75 Å². The molecule has 0 spiro atoms.